The summed E-state index contributed by atoms with van der Waals surface area (Å²) in [6.45, 7) is 12.5. The van der Waals surface area contributed by atoms with Crippen molar-refractivity contribution in [1.29, 1.82) is 0 Å². The Hall–Kier alpha value is -0.120. The molecule has 0 bridgehead atoms. The Kier molecular flexibility index (Phi) is 5.58. The van der Waals surface area contributed by atoms with Crippen molar-refractivity contribution in [2.45, 2.75) is 58.8 Å². The van der Waals surface area contributed by atoms with Crippen LogP contribution in [0, 0.1) is 0 Å². The van der Waals surface area contributed by atoms with Crippen molar-refractivity contribution in [3.8, 4) is 0 Å². The third kappa shape index (κ3) is 4.49. The summed E-state index contributed by atoms with van der Waals surface area (Å²) in [7, 11) is 0. The number of piperidine rings is 1. The molecule has 1 saturated heterocycles. The van der Waals surface area contributed by atoms with Crippen LogP contribution in [0.1, 0.15) is 40.5 Å². The first kappa shape index (κ1) is 12.9. The van der Waals surface area contributed by atoms with Gasteiger partial charge in [-0.2, -0.15) is 0 Å². The van der Waals surface area contributed by atoms with Crippen LogP contribution in [0.15, 0.2) is 0 Å². The second-order valence-electron chi connectivity index (χ2n) is 4.85. The summed E-state index contributed by atoms with van der Waals surface area (Å²) < 4.78 is 0. The van der Waals surface area contributed by atoms with E-state index in [1.165, 1.54) is 25.9 Å². The van der Waals surface area contributed by atoms with Crippen LogP contribution in [0.5, 0.6) is 0 Å². The lowest BCUT2D eigenvalue weighted by molar-refractivity contribution is 0.155. The third-order valence-corrected chi connectivity index (χ3v) is 3.26. The van der Waals surface area contributed by atoms with E-state index in [0.717, 1.165) is 6.54 Å². The summed E-state index contributed by atoms with van der Waals surface area (Å²) in [4.78, 5) is 2.57. The van der Waals surface area contributed by atoms with Gasteiger partial charge < -0.3 is 10.2 Å². The average molecular weight is 213 g/mol. The Morgan fingerprint density at radius 3 is 2.27 bits per heavy atom. The first-order valence-electron chi connectivity index (χ1n) is 6.37. The molecule has 2 N–H and O–H groups in total. The highest BCUT2D eigenvalue weighted by Crippen LogP contribution is 2.12. The largest absolute Gasteiger partial charge is 0.302 e. The Labute approximate surface area is 94.6 Å². The predicted molar refractivity (Wildman–Crippen MR) is 66.0 cm³/mol. The normalized spacial score (nSPS) is 22.2. The number of nitrogens with one attached hydrogen (secondary N) is 2. The van der Waals surface area contributed by atoms with Gasteiger partial charge in [0, 0.05) is 12.1 Å². The van der Waals surface area contributed by atoms with E-state index in [9.17, 15) is 0 Å². The molecule has 0 saturated carbocycles. The number of hydrogen-bond acceptors (Lipinski definition) is 3. The maximum absolute atomic E-state index is 3.64. The van der Waals surface area contributed by atoms with E-state index in [4.69, 9.17) is 0 Å². The van der Waals surface area contributed by atoms with Gasteiger partial charge in [0.2, 0.25) is 0 Å². The molecule has 0 aromatic heterocycles. The van der Waals surface area contributed by atoms with Gasteiger partial charge in [0.1, 0.15) is 0 Å². The van der Waals surface area contributed by atoms with Crippen molar-refractivity contribution in [2.24, 2.45) is 0 Å². The summed E-state index contributed by atoms with van der Waals surface area (Å²) in [6.07, 6.45) is 3.02. The quantitative estimate of drug-likeness (QED) is 0.676. The summed E-state index contributed by atoms with van der Waals surface area (Å²) in [5, 5.41) is 7.04. The fourth-order valence-corrected chi connectivity index (χ4v) is 2.30. The Balaban J connectivity index is 2.19. The number of nitrogens with zero attached hydrogens (tertiary/aromatic N) is 1. The van der Waals surface area contributed by atoms with Crippen molar-refractivity contribution in [3.05, 3.63) is 0 Å². The van der Waals surface area contributed by atoms with E-state index in [-0.39, 0.29) is 0 Å². The van der Waals surface area contributed by atoms with Gasteiger partial charge in [0.05, 0.1) is 6.17 Å². The minimum atomic E-state index is 0.450. The molecule has 90 valence electrons. The lowest BCUT2D eigenvalue weighted by Gasteiger charge is -2.36. The maximum atomic E-state index is 3.64. The van der Waals surface area contributed by atoms with Gasteiger partial charge in [0.15, 0.2) is 0 Å². The fraction of sp³-hybridized carbons (Fsp3) is 1.00. The molecule has 1 aliphatic rings. The number of likely N-dealkylation sites (tertiary alicyclic amines) is 1. The van der Waals surface area contributed by atoms with Crippen molar-refractivity contribution in [2.75, 3.05) is 19.6 Å². The molecule has 3 nitrogen and oxygen atoms in total. The zero-order valence-corrected chi connectivity index (χ0v) is 10.7. The van der Waals surface area contributed by atoms with Crippen LogP contribution >= 0.6 is 0 Å². The van der Waals surface area contributed by atoms with Gasteiger partial charge in [0.25, 0.3) is 0 Å². The maximum Gasteiger partial charge on any atom is 0.0544 e. The lowest BCUT2D eigenvalue weighted by atomic mass is 10.0. The number of hydrogen-bond donors (Lipinski definition) is 2. The van der Waals surface area contributed by atoms with Crippen molar-refractivity contribution >= 4 is 0 Å². The predicted octanol–water partition coefficient (Wildman–Crippen LogP) is 1.40. The van der Waals surface area contributed by atoms with Crippen LogP contribution in [0.4, 0.5) is 0 Å². The topological polar surface area (TPSA) is 27.3 Å². The first-order valence-corrected chi connectivity index (χ1v) is 6.37. The van der Waals surface area contributed by atoms with E-state index in [1.54, 1.807) is 0 Å². The summed E-state index contributed by atoms with van der Waals surface area (Å²) in [5.41, 5.74) is 0. The molecule has 1 heterocycles. The van der Waals surface area contributed by atoms with E-state index in [1.807, 2.05) is 0 Å². The Morgan fingerprint density at radius 2 is 1.80 bits per heavy atom. The highest BCUT2D eigenvalue weighted by molar-refractivity contribution is 4.79. The van der Waals surface area contributed by atoms with Crippen LogP contribution in [-0.4, -0.2) is 42.8 Å². The summed E-state index contributed by atoms with van der Waals surface area (Å²) in [6, 6.07) is 1.41. The van der Waals surface area contributed by atoms with Crippen molar-refractivity contribution < 1.29 is 0 Å². The third-order valence-electron chi connectivity index (χ3n) is 3.26. The van der Waals surface area contributed by atoms with Crippen molar-refractivity contribution in [3.63, 3.8) is 0 Å². The molecule has 3 heteroatoms. The van der Waals surface area contributed by atoms with Gasteiger partial charge in [-0.25, -0.2) is 0 Å². The van der Waals surface area contributed by atoms with Crippen LogP contribution in [-0.2, 0) is 0 Å². The fourth-order valence-electron chi connectivity index (χ4n) is 2.30. The molecular weight excluding hydrogens is 186 g/mol. The molecule has 1 aliphatic heterocycles. The van der Waals surface area contributed by atoms with E-state index < -0.39 is 0 Å². The monoisotopic (exact) mass is 213 g/mol. The molecule has 0 aliphatic carbocycles. The van der Waals surface area contributed by atoms with Crippen LogP contribution < -0.4 is 10.6 Å². The van der Waals surface area contributed by atoms with E-state index in [0.29, 0.717) is 18.2 Å². The summed E-state index contributed by atoms with van der Waals surface area (Å²) in [5.74, 6) is 0. The molecule has 15 heavy (non-hydrogen) atoms. The second-order valence-corrected chi connectivity index (χ2v) is 4.85. The zero-order chi connectivity index (χ0) is 11.3. The molecule has 0 radical (unpaired) electrons. The first-order chi connectivity index (χ1) is 7.13. The van der Waals surface area contributed by atoms with E-state index in [2.05, 4.69) is 43.2 Å². The van der Waals surface area contributed by atoms with Crippen LogP contribution in [0.3, 0.4) is 0 Å². The molecule has 0 amide bonds. The minimum absolute atomic E-state index is 0.450. The van der Waals surface area contributed by atoms with Crippen LogP contribution in [0.2, 0.25) is 0 Å². The SMILES string of the molecule is CCNC(C)NC1CCN(C(C)C)CC1. The molecule has 0 aromatic carbocycles. The Bertz CT molecular complexity index is 162. The molecular formula is C12H27N3. The molecule has 0 aromatic rings. The van der Waals surface area contributed by atoms with Crippen molar-refractivity contribution in [1.82, 2.24) is 15.5 Å². The average Bonchev–Trinajstić information content (AvgIpc) is 2.18. The minimum Gasteiger partial charge on any atom is -0.302 e. The zero-order valence-electron chi connectivity index (χ0n) is 10.7. The molecule has 0 spiro atoms. The highest BCUT2D eigenvalue weighted by Gasteiger charge is 2.21. The van der Waals surface area contributed by atoms with E-state index >= 15 is 0 Å². The molecule has 1 unspecified atom stereocenters. The summed E-state index contributed by atoms with van der Waals surface area (Å²) >= 11 is 0. The lowest BCUT2D eigenvalue weighted by Crippen LogP contribution is -2.50. The van der Waals surface area contributed by atoms with Gasteiger partial charge in [-0.05, 0) is 53.2 Å². The molecule has 1 atom stereocenters. The second kappa shape index (κ2) is 6.46. The van der Waals surface area contributed by atoms with Gasteiger partial charge in [-0.3, -0.25) is 5.32 Å². The van der Waals surface area contributed by atoms with Crippen LogP contribution in [0.25, 0.3) is 0 Å². The highest BCUT2D eigenvalue weighted by atomic mass is 15.2. The van der Waals surface area contributed by atoms with Gasteiger partial charge >= 0.3 is 0 Å². The standard InChI is InChI=1S/C12H27N3/c1-5-13-11(4)14-12-6-8-15(9-7-12)10(2)3/h10-14H,5-9H2,1-4H3. The van der Waals surface area contributed by atoms with Gasteiger partial charge in [-0.1, -0.05) is 6.92 Å². The van der Waals surface area contributed by atoms with Gasteiger partial charge in [-0.15, -0.1) is 0 Å². The Morgan fingerprint density at radius 1 is 1.20 bits per heavy atom. The smallest absolute Gasteiger partial charge is 0.0544 e. The number of rotatable bonds is 5. The molecule has 1 fully saturated rings. The molecule has 1 rings (SSSR count).